The molecule has 0 spiro atoms. The molecule has 22 heavy (non-hydrogen) atoms. The lowest BCUT2D eigenvalue weighted by Gasteiger charge is -2.03. The van der Waals surface area contributed by atoms with Crippen molar-refractivity contribution in [3.63, 3.8) is 0 Å². The predicted molar refractivity (Wildman–Crippen MR) is 86.4 cm³/mol. The fourth-order valence-electron chi connectivity index (χ4n) is 1.84. The summed E-state index contributed by atoms with van der Waals surface area (Å²) in [5.74, 6) is 0. The molecule has 6 nitrogen and oxygen atoms in total. The summed E-state index contributed by atoms with van der Waals surface area (Å²) in [6, 6.07) is 9.98. The topological polar surface area (TPSA) is 98.0 Å². The molecule has 0 saturated carbocycles. The molecular weight excluding hydrogens is 320 g/mol. The molecule has 0 aliphatic heterocycles. The summed E-state index contributed by atoms with van der Waals surface area (Å²) in [6.07, 6.45) is 3.43. The van der Waals surface area contributed by atoms with Gasteiger partial charge >= 0.3 is 0 Å². The number of benzene rings is 1. The van der Waals surface area contributed by atoms with E-state index in [4.69, 9.17) is 5.14 Å². The van der Waals surface area contributed by atoms with Gasteiger partial charge in [-0.15, -0.1) is 11.3 Å². The van der Waals surface area contributed by atoms with Gasteiger partial charge in [0.1, 0.15) is 0 Å². The third-order valence-electron chi connectivity index (χ3n) is 2.91. The number of hydrogen-bond acceptors (Lipinski definition) is 6. The molecule has 0 bridgehead atoms. The van der Waals surface area contributed by atoms with Gasteiger partial charge in [-0.3, -0.25) is 4.98 Å². The van der Waals surface area contributed by atoms with E-state index in [2.05, 4.69) is 15.3 Å². The van der Waals surface area contributed by atoms with Crippen molar-refractivity contribution < 1.29 is 8.42 Å². The van der Waals surface area contributed by atoms with Gasteiger partial charge in [0.15, 0.2) is 5.13 Å². The van der Waals surface area contributed by atoms with Gasteiger partial charge in [-0.25, -0.2) is 18.5 Å². The summed E-state index contributed by atoms with van der Waals surface area (Å²) >= 11 is 1.46. The maximum Gasteiger partial charge on any atom is 0.238 e. The zero-order chi connectivity index (χ0) is 15.6. The van der Waals surface area contributed by atoms with Crippen molar-refractivity contribution in [3.05, 3.63) is 54.2 Å². The summed E-state index contributed by atoms with van der Waals surface area (Å²) in [5.41, 5.74) is 2.59. The Morgan fingerprint density at radius 2 is 1.73 bits per heavy atom. The van der Waals surface area contributed by atoms with Gasteiger partial charge in [-0.05, 0) is 36.4 Å². The average molecular weight is 332 g/mol. The first-order valence-electron chi connectivity index (χ1n) is 6.28. The predicted octanol–water partition coefficient (Wildman–Crippen LogP) is 2.60. The monoisotopic (exact) mass is 332 g/mol. The van der Waals surface area contributed by atoms with Crippen LogP contribution in [0.15, 0.2) is 59.1 Å². The Balaban J connectivity index is 1.78. The van der Waals surface area contributed by atoms with Crippen LogP contribution in [0.2, 0.25) is 0 Å². The van der Waals surface area contributed by atoms with Crippen LogP contribution in [-0.4, -0.2) is 18.4 Å². The van der Waals surface area contributed by atoms with Crippen LogP contribution < -0.4 is 10.5 Å². The van der Waals surface area contributed by atoms with Crippen molar-refractivity contribution in [2.75, 3.05) is 5.32 Å². The van der Waals surface area contributed by atoms with E-state index in [1.165, 1.54) is 23.5 Å². The van der Waals surface area contributed by atoms with Crippen molar-refractivity contribution >= 4 is 32.2 Å². The minimum atomic E-state index is -3.67. The smallest absolute Gasteiger partial charge is 0.238 e. The number of pyridine rings is 1. The van der Waals surface area contributed by atoms with Gasteiger partial charge < -0.3 is 5.32 Å². The number of anilines is 2. The van der Waals surface area contributed by atoms with Gasteiger partial charge in [-0.2, -0.15) is 0 Å². The van der Waals surface area contributed by atoms with Crippen molar-refractivity contribution in [3.8, 4) is 11.3 Å². The lowest BCUT2D eigenvalue weighted by molar-refractivity contribution is 0.598. The summed E-state index contributed by atoms with van der Waals surface area (Å²) in [6.45, 7) is 0. The average Bonchev–Trinajstić information content (AvgIpc) is 2.96. The van der Waals surface area contributed by atoms with E-state index in [0.717, 1.165) is 22.1 Å². The molecule has 3 aromatic rings. The normalized spacial score (nSPS) is 11.3. The molecule has 0 aliphatic carbocycles. The van der Waals surface area contributed by atoms with Gasteiger partial charge in [-0.1, -0.05) is 0 Å². The molecule has 0 unspecified atom stereocenters. The Morgan fingerprint density at radius 1 is 1.05 bits per heavy atom. The van der Waals surface area contributed by atoms with E-state index >= 15 is 0 Å². The van der Waals surface area contributed by atoms with Crippen LogP contribution in [0.3, 0.4) is 0 Å². The highest BCUT2D eigenvalue weighted by Gasteiger charge is 2.08. The van der Waals surface area contributed by atoms with Crippen LogP contribution >= 0.6 is 11.3 Å². The number of sulfonamides is 1. The second-order valence-electron chi connectivity index (χ2n) is 4.47. The highest BCUT2D eigenvalue weighted by Crippen LogP contribution is 2.27. The lowest BCUT2D eigenvalue weighted by atomic mass is 10.2. The Kier molecular flexibility index (Phi) is 3.88. The third kappa shape index (κ3) is 3.30. The number of aromatic nitrogens is 2. The van der Waals surface area contributed by atoms with E-state index in [-0.39, 0.29) is 4.90 Å². The number of thiazole rings is 1. The second-order valence-corrected chi connectivity index (χ2v) is 6.89. The van der Waals surface area contributed by atoms with Gasteiger partial charge in [0.05, 0.1) is 10.6 Å². The van der Waals surface area contributed by atoms with Crippen LogP contribution in [0.4, 0.5) is 10.8 Å². The molecule has 0 aliphatic rings. The van der Waals surface area contributed by atoms with Gasteiger partial charge in [0.2, 0.25) is 10.0 Å². The fourth-order valence-corrected chi connectivity index (χ4v) is 3.09. The van der Waals surface area contributed by atoms with Crippen molar-refractivity contribution in [2.24, 2.45) is 5.14 Å². The highest BCUT2D eigenvalue weighted by molar-refractivity contribution is 7.89. The Bertz CT molecular complexity index is 875. The molecule has 0 atom stereocenters. The molecule has 2 aromatic heterocycles. The molecule has 3 N–H and O–H groups in total. The maximum absolute atomic E-state index is 11.2. The number of rotatable bonds is 4. The SMILES string of the molecule is NS(=O)(=O)c1ccc(Nc2nc(-c3ccncc3)cs2)cc1. The molecular formula is C14H12N4O2S2. The van der Waals surface area contributed by atoms with E-state index < -0.39 is 10.0 Å². The van der Waals surface area contributed by atoms with Gasteiger partial charge in [0, 0.05) is 29.0 Å². The van der Waals surface area contributed by atoms with Crippen LogP contribution in [0.25, 0.3) is 11.3 Å². The van der Waals surface area contributed by atoms with Crippen molar-refractivity contribution in [2.45, 2.75) is 4.90 Å². The first-order valence-corrected chi connectivity index (χ1v) is 8.71. The molecule has 8 heteroatoms. The van der Waals surface area contributed by atoms with E-state index in [1.54, 1.807) is 24.5 Å². The van der Waals surface area contributed by atoms with Crippen molar-refractivity contribution in [1.29, 1.82) is 0 Å². The Hall–Kier alpha value is -2.29. The summed E-state index contributed by atoms with van der Waals surface area (Å²) in [7, 11) is -3.67. The van der Waals surface area contributed by atoms with Crippen LogP contribution in [0.1, 0.15) is 0 Å². The summed E-state index contributed by atoms with van der Waals surface area (Å²) in [5, 5.41) is 10.9. The van der Waals surface area contributed by atoms with Crippen molar-refractivity contribution in [1.82, 2.24) is 9.97 Å². The number of primary sulfonamides is 1. The molecule has 0 fully saturated rings. The number of nitrogens with one attached hydrogen (secondary N) is 1. The summed E-state index contributed by atoms with van der Waals surface area (Å²) < 4.78 is 22.4. The minimum absolute atomic E-state index is 0.0784. The van der Waals surface area contributed by atoms with Crippen LogP contribution in [0, 0.1) is 0 Å². The largest absolute Gasteiger partial charge is 0.332 e. The number of nitrogens with two attached hydrogens (primary N) is 1. The zero-order valence-corrected chi connectivity index (χ0v) is 12.9. The standard InChI is InChI=1S/C14H12N4O2S2/c15-22(19,20)12-3-1-11(2-4-12)17-14-18-13(9-21-14)10-5-7-16-8-6-10/h1-9H,(H,17,18)(H2,15,19,20). The quantitative estimate of drug-likeness (QED) is 0.765. The molecule has 1 aromatic carbocycles. The molecule has 0 saturated heterocycles. The first-order chi connectivity index (χ1) is 10.5. The molecule has 0 amide bonds. The summed E-state index contributed by atoms with van der Waals surface area (Å²) in [4.78, 5) is 8.54. The molecule has 3 rings (SSSR count). The highest BCUT2D eigenvalue weighted by atomic mass is 32.2. The zero-order valence-electron chi connectivity index (χ0n) is 11.3. The second kappa shape index (κ2) is 5.84. The molecule has 2 heterocycles. The van der Waals surface area contributed by atoms with Crippen LogP contribution in [-0.2, 0) is 10.0 Å². The molecule has 0 radical (unpaired) electrons. The lowest BCUT2D eigenvalue weighted by Crippen LogP contribution is -2.11. The van der Waals surface area contributed by atoms with E-state index in [9.17, 15) is 8.42 Å². The maximum atomic E-state index is 11.2. The first kappa shape index (κ1) is 14.6. The van der Waals surface area contributed by atoms with Crippen LogP contribution in [0.5, 0.6) is 0 Å². The third-order valence-corrected chi connectivity index (χ3v) is 4.60. The fraction of sp³-hybridized carbons (Fsp3) is 0. The number of nitrogens with zero attached hydrogens (tertiary/aromatic N) is 2. The van der Waals surface area contributed by atoms with E-state index in [0.29, 0.717) is 0 Å². The number of hydrogen-bond donors (Lipinski definition) is 2. The van der Waals surface area contributed by atoms with E-state index in [1.807, 2.05) is 17.5 Å². The Morgan fingerprint density at radius 3 is 2.36 bits per heavy atom. The Labute approximate surface area is 131 Å². The minimum Gasteiger partial charge on any atom is -0.332 e. The van der Waals surface area contributed by atoms with Gasteiger partial charge in [0.25, 0.3) is 0 Å². The molecule has 112 valence electrons.